The third-order valence-electron chi connectivity index (χ3n) is 3.73. The van der Waals surface area contributed by atoms with Crippen molar-refractivity contribution in [3.05, 3.63) is 35.6 Å². The highest BCUT2D eigenvalue weighted by Crippen LogP contribution is 2.22. The molecule has 0 spiro atoms. The first-order chi connectivity index (χ1) is 9.28. The zero-order valence-corrected chi connectivity index (χ0v) is 11.7. The molecule has 0 atom stereocenters. The fourth-order valence-corrected chi connectivity index (χ4v) is 2.62. The van der Waals surface area contributed by atoms with Gasteiger partial charge < -0.3 is 10.1 Å². The Bertz CT molecular complexity index is 375. The van der Waals surface area contributed by atoms with Crippen LogP contribution in [-0.4, -0.2) is 18.7 Å². The van der Waals surface area contributed by atoms with E-state index in [4.69, 9.17) is 4.74 Å². The zero-order valence-electron chi connectivity index (χ0n) is 11.7. The van der Waals surface area contributed by atoms with Crippen molar-refractivity contribution in [2.75, 3.05) is 6.54 Å². The minimum Gasteiger partial charge on any atom is -0.374 e. The van der Waals surface area contributed by atoms with Crippen molar-refractivity contribution in [2.24, 2.45) is 0 Å². The summed E-state index contributed by atoms with van der Waals surface area (Å²) in [5, 5.41) is 3.57. The summed E-state index contributed by atoms with van der Waals surface area (Å²) in [4.78, 5) is 0. The smallest absolute Gasteiger partial charge is 0.123 e. The Morgan fingerprint density at radius 1 is 1.26 bits per heavy atom. The minimum atomic E-state index is -0.187. The van der Waals surface area contributed by atoms with Crippen molar-refractivity contribution in [3.63, 3.8) is 0 Å². The number of halogens is 1. The molecule has 1 saturated carbocycles. The quantitative estimate of drug-likeness (QED) is 0.847. The third kappa shape index (κ3) is 4.92. The molecule has 1 aromatic carbocycles. The first-order valence-electron chi connectivity index (χ1n) is 7.37. The molecule has 2 nitrogen and oxygen atoms in total. The number of rotatable bonds is 6. The summed E-state index contributed by atoms with van der Waals surface area (Å²) < 4.78 is 18.9. The molecule has 1 aliphatic rings. The van der Waals surface area contributed by atoms with Crippen LogP contribution in [0.15, 0.2) is 24.3 Å². The second-order valence-corrected chi connectivity index (χ2v) is 5.37. The van der Waals surface area contributed by atoms with Gasteiger partial charge in [-0.25, -0.2) is 4.39 Å². The van der Waals surface area contributed by atoms with E-state index in [1.54, 1.807) is 12.1 Å². The molecule has 0 radical (unpaired) electrons. The predicted molar refractivity (Wildman–Crippen MR) is 75.5 cm³/mol. The summed E-state index contributed by atoms with van der Waals surface area (Å²) in [5.74, 6) is -0.187. The van der Waals surface area contributed by atoms with Crippen molar-refractivity contribution in [1.82, 2.24) is 5.32 Å². The molecule has 3 heteroatoms. The van der Waals surface area contributed by atoms with E-state index in [9.17, 15) is 4.39 Å². The van der Waals surface area contributed by atoms with Crippen LogP contribution in [0.4, 0.5) is 4.39 Å². The van der Waals surface area contributed by atoms with Gasteiger partial charge in [0.2, 0.25) is 0 Å². The summed E-state index contributed by atoms with van der Waals surface area (Å²) in [5.41, 5.74) is 0.922. The van der Waals surface area contributed by atoms with Crippen molar-refractivity contribution in [2.45, 2.75) is 57.8 Å². The molecular formula is C16H24FNO. The molecule has 1 fully saturated rings. The van der Waals surface area contributed by atoms with Gasteiger partial charge in [-0.2, -0.15) is 0 Å². The highest BCUT2D eigenvalue weighted by Gasteiger charge is 2.20. The van der Waals surface area contributed by atoms with E-state index in [1.165, 1.54) is 25.3 Å². The topological polar surface area (TPSA) is 21.3 Å². The predicted octanol–water partition coefficient (Wildman–Crippen LogP) is 3.65. The van der Waals surface area contributed by atoms with E-state index in [1.807, 2.05) is 6.07 Å². The molecular weight excluding hydrogens is 241 g/mol. The van der Waals surface area contributed by atoms with E-state index >= 15 is 0 Å². The first kappa shape index (κ1) is 14.5. The van der Waals surface area contributed by atoms with E-state index < -0.39 is 0 Å². The molecule has 0 heterocycles. The Balaban J connectivity index is 1.68. The summed E-state index contributed by atoms with van der Waals surface area (Å²) in [6.07, 6.45) is 6.12. The second kappa shape index (κ2) is 7.61. The first-order valence-corrected chi connectivity index (χ1v) is 7.37. The third-order valence-corrected chi connectivity index (χ3v) is 3.73. The number of nitrogens with one attached hydrogen (secondary N) is 1. The average Bonchev–Trinajstić information content (AvgIpc) is 2.44. The van der Waals surface area contributed by atoms with Gasteiger partial charge >= 0.3 is 0 Å². The van der Waals surface area contributed by atoms with Crippen molar-refractivity contribution < 1.29 is 9.13 Å². The van der Waals surface area contributed by atoms with Crippen LogP contribution in [0, 0.1) is 5.82 Å². The van der Waals surface area contributed by atoms with Gasteiger partial charge in [0.25, 0.3) is 0 Å². The Morgan fingerprint density at radius 3 is 2.74 bits per heavy atom. The zero-order chi connectivity index (χ0) is 13.5. The molecule has 19 heavy (non-hydrogen) atoms. The van der Waals surface area contributed by atoms with Gasteiger partial charge in [0, 0.05) is 6.04 Å². The lowest BCUT2D eigenvalue weighted by Crippen LogP contribution is -2.35. The van der Waals surface area contributed by atoms with Crippen molar-refractivity contribution >= 4 is 0 Å². The van der Waals surface area contributed by atoms with Gasteiger partial charge in [0.05, 0.1) is 12.7 Å². The van der Waals surface area contributed by atoms with Crippen LogP contribution in [0.3, 0.4) is 0 Å². The number of benzene rings is 1. The molecule has 2 rings (SSSR count). The molecule has 0 unspecified atom stereocenters. The number of ether oxygens (including phenoxy) is 1. The Kier molecular flexibility index (Phi) is 5.80. The highest BCUT2D eigenvalue weighted by molar-refractivity contribution is 5.15. The van der Waals surface area contributed by atoms with Crippen LogP contribution in [0.5, 0.6) is 0 Å². The van der Waals surface area contributed by atoms with Gasteiger partial charge in [0.15, 0.2) is 0 Å². The van der Waals surface area contributed by atoms with Crippen molar-refractivity contribution in [1.29, 1.82) is 0 Å². The molecule has 1 aromatic rings. The lowest BCUT2D eigenvalue weighted by atomic mass is 9.93. The maximum Gasteiger partial charge on any atom is 0.123 e. The SMILES string of the molecule is CCCNC1CCC(OCc2cccc(F)c2)CC1. The maximum absolute atomic E-state index is 13.0. The lowest BCUT2D eigenvalue weighted by molar-refractivity contribution is 0.0113. The van der Waals surface area contributed by atoms with Crippen LogP contribution in [-0.2, 0) is 11.3 Å². The van der Waals surface area contributed by atoms with Gasteiger partial charge in [-0.05, 0) is 56.3 Å². The highest BCUT2D eigenvalue weighted by atomic mass is 19.1. The summed E-state index contributed by atoms with van der Waals surface area (Å²) in [6, 6.07) is 7.33. The number of hydrogen-bond donors (Lipinski definition) is 1. The average molecular weight is 265 g/mol. The minimum absolute atomic E-state index is 0.187. The molecule has 1 N–H and O–H groups in total. The normalized spacial score (nSPS) is 23.5. The van der Waals surface area contributed by atoms with Crippen LogP contribution in [0.2, 0.25) is 0 Å². The molecule has 0 aromatic heterocycles. The van der Waals surface area contributed by atoms with Gasteiger partial charge in [-0.3, -0.25) is 0 Å². The molecule has 106 valence electrons. The molecule has 0 bridgehead atoms. The van der Waals surface area contributed by atoms with Crippen LogP contribution in [0.25, 0.3) is 0 Å². The fraction of sp³-hybridized carbons (Fsp3) is 0.625. The lowest BCUT2D eigenvalue weighted by Gasteiger charge is -2.29. The van der Waals surface area contributed by atoms with E-state index in [-0.39, 0.29) is 5.82 Å². The Labute approximate surface area is 115 Å². The van der Waals surface area contributed by atoms with E-state index in [2.05, 4.69) is 12.2 Å². The molecule has 1 aliphatic carbocycles. The van der Waals surface area contributed by atoms with Gasteiger partial charge in [-0.1, -0.05) is 19.1 Å². The van der Waals surface area contributed by atoms with E-state index in [0.29, 0.717) is 18.8 Å². The molecule has 0 saturated heterocycles. The van der Waals surface area contributed by atoms with E-state index in [0.717, 1.165) is 24.9 Å². The van der Waals surface area contributed by atoms with Crippen LogP contribution >= 0.6 is 0 Å². The van der Waals surface area contributed by atoms with Gasteiger partial charge in [0.1, 0.15) is 5.82 Å². The summed E-state index contributed by atoms with van der Waals surface area (Å²) in [7, 11) is 0. The summed E-state index contributed by atoms with van der Waals surface area (Å²) in [6.45, 7) is 3.83. The largest absolute Gasteiger partial charge is 0.374 e. The Hall–Kier alpha value is -0.930. The maximum atomic E-state index is 13.0. The number of hydrogen-bond acceptors (Lipinski definition) is 2. The van der Waals surface area contributed by atoms with Crippen molar-refractivity contribution in [3.8, 4) is 0 Å². The van der Waals surface area contributed by atoms with Crippen LogP contribution in [0.1, 0.15) is 44.6 Å². The monoisotopic (exact) mass is 265 g/mol. The molecule has 0 aliphatic heterocycles. The standard InChI is InChI=1S/C16H24FNO/c1-2-10-18-15-6-8-16(9-7-15)19-12-13-4-3-5-14(17)11-13/h3-5,11,15-16,18H,2,6-10,12H2,1H3. The fourth-order valence-electron chi connectivity index (χ4n) is 2.62. The summed E-state index contributed by atoms with van der Waals surface area (Å²) >= 11 is 0. The van der Waals surface area contributed by atoms with Gasteiger partial charge in [-0.15, -0.1) is 0 Å². The second-order valence-electron chi connectivity index (χ2n) is 5.37. The van der Waals surface area contributed by atoms with Crippen LogP contribution < -0.4 is 5.32 Å². The molecule has 0 amide bonds. The Morgan fingerprint density at radius 2 is 2.05 bits per heavy atom.